The Morgan fingerprint density at radius 1 is 1.00 bits per heavy atom. The third-order valence-corrected chi connectivity index (χ3v) is 5.59. The van der Waals surface area contributed by atoms with E-state index in [0.717, 1.165) is 30.0 Å². The van der Waals surface area contributed by atoms with E-state index in [2.05, 4.69) is 10.3 Å². The summed E-state index contributed by atoms with van der Waals surface area (Å²) in [6.45, 7) is -0.0502. The molecule has 0 saturated carbocycles. The van der Waals surface area contributed by atoms with Gasteiger partial charge in [-0.25, -0.2) is 17.8 Å². The molecule has 0 aliphatic carbocycles. The highest BCUT2D eigenvalue weighted by Gasteiger charge is 2.32. The van der Waals surface area contributed by atoms with Gasteiger partial charge in [-0.15, -0.1) is 0 Å². The average molecular weight is 522 g/mol. The zero-order chi connectivity index (χ0) is 26.3. The lowest BCUT2D eigenvalue weighted by molar-refractivity contribution is -0.141. The van der Waals surface area contributed by atoms with Gasteiger partial charge in [0, 0.05) is 18.3 Å². The van der Waals surface area contributed by atoms with Crippen LogP contribution in [0.5, 0.6) is 0 Å². The van der Waals surface area contributed by atoms with Crippen LogP contribution in [0.4, 0.5) is 23.2 Å². The number of rotatable bonds is 9. The molecule has 2 N–H and O–H groups in total. The maximum Gasteiger partial charge on any atom is 0.433 e. The minimum absolute atomic E-state index is 0.0502. The summed E-state index contributed by atoms with van der Waals surface area (Å²) in [5, 5.41) is 2.55. The smallest absolute Gasteiger partial charge is 0.348 e. The fourth-order valence-electron chi connectivity index (χ4n) is 3.29. The second-order valence-electron chi connectivity index (χ2n) is 7.96. The van der Waals surface area contributed by atoms with Crippen molar-refractivity contribution in [1.82, 2.24) is 10.3 Å². The van der Waals surface area contributed by atoms with E-state index in [1.54, 1.807) is 0 Å². The highest BCUT2D eigenvalue weighted by atomic mass is 32.2. The van der Waals surface area contributed by atoms with Crippen LogP contribution < -0.4 is 10.0 Å². The molecule has 0 unspecified atom stereocenters. The molecule has 0 atom stereocenters. The molecular weight excluding hydrogens is 498 g/mol. The largest absolute Gasteiger partial charge is 0.433 e. The molecule has 6 nitrogen and oxygen atoms in total. The number of anilines is 1. The van der Waals surface area contributed by atoms with E-state index in [4.69, 9.17) is 0 Å². The number of hydrogen-bond donors (Lipinski definition) is 2. The molecule has 0 bridgehead atoms. The van der Waals surface area contributed by atoms with E-state index < -0.39 is 33.6 Å². The van der Waals surface area contributed by atoms with Crippen molar-refractivity contribution in [3.8, 4) is 0 Å². The molecular formula is C25H23F4N3O3S. The van der Waals surface area contributed by atoms with Gasteiger partial charge in [-0.3, -0.25) is 9.52 Å². The molecule has 1 amide bonds. The number of aryl methyl sites for hydroxylation is 2. The van der Waals surface area contributed by atoms with E-state index in [1.807, 2.05) is 35.1 Å². The lowest BCUT2D eigenvalue weighted by Crippen LogP contribution is -2.20. The third kappa shape index (κ3) is 8.19. The van der Waals surface area contributed by atoms with Crippen molar-refractivity contribution in [1.29, 1.82) is 0 Å². The molecule has 1 aromatic heterocycles. The van der Waals surface area contributed by atoms with E-state index in [0.29, 0.717) is 17.5 Å². The van der Waals surface area contributed by atoms with Gasteiger partial charge in [0.25, 0.3) is 0 Å². The molecule has 1 heterocycles. The van der Waals surface area contributed by atoms with Crippen molar-refractivity contribution >= 4 is 27.7 Å². The standard InChI is InChI=1S/C25H23F4N3O3S/c1-36(34,35)32-22-12-8-18(15-20(22)26)16-30-24(33)14-10-19-9-13-23(25(27,28)29)31-21(19)11-7-17-5-3-2-4-6-17/h2-6,8-10,12-15,32H,7,11,16H2,1H3,(H,30,33). The molecule has 0 aliphatic rings. The van der Waals surface area contributed by atoms with Crippen LogP contribution in [0.2, 0.25) is 0 Å². The Labute approximate surface area is 206 Å². The number of halogens is 4. The summed E-state index contributed by atoms with van der Waals surface area (Å²) in [5.41, 5.74) is 0.667. The lowest BCUT2D eigenvalue weighted by Gasteiger charge is -2.11. The first kappa shape index (κ1) is 26.9. The molecule has 0 radical (unpaired) electrons. The van der Waals surface area contributed by atoms with E-state index in [1.165, 1.54) is 24.3 Å². The molecule has 190 valence electrons. The van der Waals surface area contributed by atoms with Crippen LogP contribution in [0.25, 0.3) is 6.08 Å². The SMILES string of the molecule is CS(=O)(=O)Nc1ccc(CNC(=O)C=Cc2ccc(C(F)(F)F)nc2CCc2ccccc2)cc1F. The number of alkyl halides is 3. The molecule has 0 saturated heterocycles. The maximum atomic E-state index is 14.1. The number of aromatic nitrogens is 1. The first-order chi connectivity index (χ1) is 16.9. The highest BCUT2D eigenvalue weighted by Crippen LogP contribution is 2.29. The van der Waals surface area contributed by atoms with E-state index >= 15 is 0 Å². The normalized spacial score (nSPS) is 12.0. The Morgan fingerprint density at radius 2 is 1.72 bits per heavy atom. The molecule has 3 rings (SSSR count). The fraction of sp³-hybridized carbons (Fsp3) is 0.200. The van der Waals surface area contributed by atoms with Crippen molar-refractivity contribution in [2.45, 2.75) is 25.6 Å². The lowest BCUT2D eigenvalue weighted by atomic mass is 10.0. The number of hydrogen-bond acceptors (Lipinski definition) is 4. The number of carbonyl (C=O) groups excluding carboxylic acids is 1. The van der Waals surface area contributed by atoms with Gasteiger partial charge in [0.05, 0.1) is 11.9 Å². The van der Waals surface area contributed by atoms with Gasteiger partial charge in [-0.05, 0) is 53.8 Å². The van der Waals surface area contributed by atoms with Crippen LogP contribution in [0.1, 0.15) is 28.1 Å². The van der Waals surface area contributed by atoms with Crippen LogP contribution in [-0.4, -0.2) is 25.6 Å². The van der Waals surface area contributed by atoms with Gasteiger partial charge in [-0.1, -0.05) is 42.5 Å². The second-order valence-corrected chi connectivity index (χ2v) is 9.70. The Kier molecular flexibility index (Phi) is 8.46. The Balaban J connectivity index is 1.69. The van der Waals surface area contributed by atoms with Gasteiger partial charge in [0.2, 0.25) is 15.9 Å². The molecule has 36 heavy (non-hydrogen) atoms. The van der Waals surface area contributed by atoms with Crippen molar-refractivity contribution in [2.24, 2.45) is 0 Å². The van der Waals surface area contributed by atoms with Gasteiger partial charge < -0.3 is 5.32 Å². The van der Waals surface area contributed by atoms with E-state index in [9.17, 15) is 30.8 Å². The maximum absolute atomic E-state index is 14.1. The number of carbonyl (C=O) groups is 1. The molecule has 2 aromatic carbocycles. The van der Waals surface area contributed by atoms with Crippen LogP contribution in [0.3, 0.4) is 0 Å². The minimum atomic E-state index is -4.59. The van der Waals surface area contributed by atoms with Gasteiger partial charge in [0.15, 0.2) is 0 Å². The number of benzene rings is 2. The number of nitrogens with one attached hydrogen (secondary N) is 2. The van der Waals surface area contributed by atoms with Crippen LogP contribution in [-0.2, 0) is 40.4 Å². The van der Waals surface area contributed by atoms with Crippen LogP contribution >= 0.6 is 0 Å². The molecule has 0 spiro atoms. The van der Waals surface area contributed by atoms with Gasteiger partial charge in [-0.2, -0.15) is 13.2 Å². The Hall–Kier alpha value is -3.73. The molecule has 3 aromatic rings. The summed E-state index contributed by atoms with van der Waals surface area (Å²) in [5.74, 6) is -1.36. The van der Waals surface area contributed by atoms with Crippen molar-refractivity contribution < 1.29 is 30.8 Å². The minimum Gasteiger partial charge on any atom is -0.348 e. The summed E-state index contributed by atoms with van der Waals surface area (Å²) >= 11 is 0. The van der Waals surface area contributed by atoms with Crippen molar-refractivity contribution in [2.75, 3.05) is 11.0 Å². The topological polar surface area (TPSA) is 88.2 Å². The van der Waals surface area contributed by atoms with Crippen molar-refractivity contribution in [3.63, 3.8) is 0 Å². The molecule has 0 fully saturated rings. The number of pyridine rings is 1. The predicted molar refractivity (Wildman–Crippen MR) is 129 cm³/mol. The van der Waals surface area contributed by atoms with Crippen LogP contribution in [0, 0.1) is 5.82 Å². The Morgan fingerprint density at radius 3 is 2.36 bits per heavy atom. The van der Waals surface area contributed by atoms with E-state index in [-0.39, 0.29) is 24.3 Å². The zero-order valence-corrected chi connectivity index (χ0v) is 20.0. The summed E-state index contributed by atoms with van der Waals surface area (Å²) in [4.78, 5) is 16.0. The van der Waals surface area contributed by atoms with Crippen LogP contribution in [0.15, 0.2) is 66.7 Å². The summed E-state index contributed by atoms with van der Waals surface area (Å²) < 4.78 is 78.1. The predicted octanol–water partition coefficient (Wildman–Crippen LogP) is 4.73. The first-order valence-electron chi connectivity index (χ1n) is 10.7. The highest BCUT2D eigenvalue weighted by molar-refractivity contribution is 7.92. The molecule has 0 aliphatic heterocycles. The Bertz CT molecular complexity index is 1360. The third-order valence-electron chi connectivity index (χ3n) is 5.00. The zero-order valence-electron chi connectivity index (χ0n) is 19.1. The second kappa shape index (κ2) is 11.3. The first-order valence-corrected chi connectivity index (χ1v) is 12.6. The number of nitrogens with zero attached hydrogens (tertiary/aromatic N) is 1. The summed E-state index contributed by atoms with van der Waals surface area (Å²) in [6.07, 6.45) is -0.454. The average Bonchev–Trinajstić information content (AvgIpc) is 2.81. The number of sulfonamides is 1. The quantitative estimate of drug-likeness (QED) is 0.315. The van der Waals surface area contributed by atoms with Crippen molar-refractivity contribution in [3.05, 3.63) is 101 Å². The monoisotopic (exact) mass is 521 g/mol. The fourth-order valence-corrected chi connectivity index (χ4v) is 3.86. The summed E-state index contributed by atoms with van der Waals surface area (Å²) in [6, 6.07) is 15.1. The summed E-state index contributed by atoms with van der Waals surface area (Å²) in [7, 11) is -3.64. The molecule has 11 heteroatoms. The van der Waals surface area contributed by atoms with Gasteiger partial charge >= 0.3 is 6.18 Å². The number of amides is 1. The van der Waals surface area contributed by atoms with Gasteiger partial charge in [0.1, 0.15) is 11.5 Å².